The van der Waals surface area contributed by atoms with E-state index in [0.29, 0.717) is 18.4 Å². The van der Waals surface area contributed by atoms with Gasteiger partial charge in [0.05, 0.1) is 28.4 Å². The number of nitrogens with one attached hydrogen (secondary N) is 1. The van der Waals surface area contributed by atoms with E-state index in [-0.39, 0.29) is 5.56 Å². The first-order valence-electron chi connectivity index (χ1n) is 9.96. The third-order valence-electron chi connectivity index (χ3n) is 5.50. The lowest BCUT2D eigenvalue weighted by Crippen LogP contribution is -2.40. The molecule has 6 heteroatoms. The lowest BCUT2D eigenvalue weighted by molar-refractivity contribution is 0.0696. The summed E-state index contributed by atoms with van der Waals surface area (Å²) in [5.74, 6) is 2.45. The van der Waals surface area contributed by atoms with E-state index in [9.17, 15) is 9.90 Å². The topological polar surface area (TPSA) is 61.8 Å². The van der Waals surface area contributed by atoms with E-state index in [1.165, 1.54) is 31.2 Å². The summed E-state index contributed by atoms with van der Waals surface area (Å²) in [4.78, 5) is 14.6. The molecule has 0 spiro atoms. The van der Waals surface area contributed by atoms with E-state index < -0.39 is 5.97 Å². The van der Waals surface area contributed by atoms with Crippen LogP contribution in [0.2, 0.25) is 0 Å². The van der Waals surface area contributed by atoms with Gasteiger partial charge in [0.25, 0.3) is 0 Å². The number of nitrogens with zero attached hydrogens (tertiary/aromatic N) is 1. The summed E-state index contributed by atoms with van der Waals surface area (Å²) in [6.07, 6.45) is 11.3. The molecule has 1 saturated heterocycles. The predicted molar refractivity (Wildman–Crippen MR) is 117 cm³/mol. The SMILES string of the molecule is C#Cc1ccc2c(c1)NSc1cc(C(=O)O)ccc1OCCCC1CCCCN21. The normalized spacial score (nSPS) is 19.0. The number of carboxylic acids is 1. The van der Waals surface area contributed by atoms with Crippen molar-refractivity contribution in [2.24, 2.45) is 0 Å². The minimum absolute atomic E-state index is 0.238. The highest BCUT2D eigenvalue weighted by Gasteiger charge is 2.25. The number of benzene rings is 2. The molecular formula is C23H24N2O3S. The second kappa shape index (κ2) is 8.71. The third kappa shape index (κ3) is 4.30. The second-order valence-electron chi connectivity index (χ2n) is 7.38. The number of anilines is 2. The number of terminal acetylenes is 1. The van der Waals surface area contributed by atoms with E-state index in [2.05, 4.69) is 21.6 Å². The maximum atomic E-state index is 11.4. The number of hydrogen-bond acceptors (Lipinski definition) is 5. The van der Waals surface area contributed by atoms with Gasteiger partial charge in [-0.3, -0.25) is 0 Å². The summed E-state index contributed by atoms with van der Waals surface area (Å²) >= 11 is 1.36. The van der Waals surface area contributed by atoms with Crippen LogP contribution in [0, 0.1) is 12.3 Å². The minimum atomic E-state index is -0.953. The zero-order valence-corrected chi connectivity index (χ0v) is 17.0. The summed E-state index contributed by atoms with van der Waals surface area (Å²) in [6.45, 7) is 1.65. The first-order chi connectivity index (χ1) is 14.2. The van der Waals surface area contributed by atoms with E-state index >= 15 is 0 Å². The van der Waals surface area contributed by atoms with E-state index in [4.69, 9.17) is 11.2 Å². The number of aromatic carboxylic acids is 1. The molecule has 2 N–H and O–H groups in total. The van der Waals surface area contributed by atoms with Gasteiger partial charge in [-0.2, -0.15) is 0 Å². The summed E-state index contributed by atoms with van der Waals surface area (Å²) < 4.78 is 9.42. The lowest BCUT2D eigenvalue weighted by atomic mass is 9.96. The molecule has 1 atom stereocenters. The van der Waals surface area contributed by atoms with Crippen LogP contribution >= 0.6 is 11.9 Å². The quantitative estimate of drug-likeness (QED) is 0.511. The zero-order chi connectivity index (χ0) is 20.2. The molecule has 4 rings (SSSR count). The zero-order valence-electron chi connectivity index (χ0n) is 16.2. The fraction of sp³-hybridized carbons (Fsp3) is 0.348. The molecule has 150 valence electrons. The monoisotopic (exact) mass is 408 g/mol. The molecule has 1 fully saturated rings. The van der Waals surface area contributed by atoms with Crippen molar-refractivity contribution >= 4 is 29.3 Å². The van der Waals surface area contributed by atoms with Crippen LogP contribution in [0.25, 0.3) is 0 Å². The summed E-state index contributed by atoms with van der Waals surface area (Å²) in [7, 11) is 0. The van der Waals surface area contributed by atoms with Gasteiger partial charge >= 0.3 is 5.97 Å². The Morgan fingerprint density at radius 2 is 2.07 bits per heavy atom. The van der Waals surface area contributed by atoms with E-state index in [1.807, 2.05) is 12.1 Å². The standard InChI is InChI=1S/C23H24N2O3S/c1-2-16-8-10-20-19(14-16)24-29-22-15-17(23(26)27)9-11-21(22)28-13-5-7-18-6-3-4-12-25(18)20/h1,8-11,14-15,18,24H,3-7,12-13H2,(H,26,27). The van der Waals surface area contributed by atoms with Gasteiger partial charge in [-0.15, -0.1) is 6.42 Å². The first kappa shape index (κ1) is 19.5. The van der Waals surface area contributed by atoms with Crippen LogP contribution < -0.4 is 14.4 Å². The van der Waals surface area contributed by atoms with Crippen molar-refractivity contribution in [2.45, 2.75) is 43.0 Å². The maximum absolute atomic E-state index is 11.4. The number of piperidine rings is 1. The Kier molecular flexibility index (Phi) is 5.86. The Balaban J connectivity index is 1.73. The van der Waals surface area contributed by atoms with Crippen LogP contribution in [-0.4, -0.2) is 30.3 Å². The molecule has 0 saturated carbocycles. The van der Waals surface area contributed by atoms with Crippen molar-refractivity contribution < 1.29 is 14.6 Å². The maximum Gasteiger partial charge on any atom is 0.335 e. The Bertz CT molecular complexity index is 954. The largest absolute Gasteiger partial charge is 0.492 e. The number of ether oxygens (including phenoxy) is 1. The van der Waals surface area contributed by atoms with Gasteiger partial charge in [0, 0.05) is 18.2 Å². The van der Waals surface area contributed by atoms with Gasteiger partial charge in [0.1, 0.15) is 5.75 Å². The molecule has 5 nitrogen and oxygen atoms in total. The van der Waals surface area contributed by atoms with Crippen LogP contribution in [0.4, 0.5) is 11.4 Å². The van der Waals surface area contributed by atoms with Gasteiger partial charge < -0.3 is 19.5 Å². The van der Waals surface area contributed by atoms with Crippen LogP contribution in [0.3, 0.4) is 0 Å². The van der Waals surface area contributed by atoms with Crippen molar-refractivity contribution in [3.05, 3.63) is 47.5 Å². The molecule has 2 aromatic carbocycles. The second-order valence-corrected chi connectivity index (χ2v) is 8.23. The molecule has 2 heterocycles. The Labute approximate surface area is 175 Å². The molecule has 2 aromatic rings. The molecule has 2 aliphatic rings. The summed E-state index contributed by atoms with van der Waals surface area (Å²) in [6, 6.07) is 11.5. The van der Waals surface area contributed by atoms with Gasteiger partial charge in [-0.05, 0) is 80.5 Å². The predicted octanol–water partition coefficient (Wildman–Crippen LogP) is 5.02. The van der Waals surface area contributed by atoms with Crippen LogP contribution in [-0.2, 0) is 0 Å². The highest BCUT2D eigenvalue weighted by Crippen LogP contribution is 2.38. The molecule has 1 unspecified atom stereocenters. The third-order valence-corrected chi connectivity index (χ3v) is 6.36. The average molecular weight is 409 g/mol. The lowest BCUT2D eigenvalue weighted by Gasteiger charge is -2.39. The summed E-state index contributed by atoms with van der Waals surface area (Å²) in [5, 5.41) is 9.35. The molecule has 0 amide bonds. The summed E-state index contributed by atoms with van der Waals surface area (Å²) in [5.41, 5.74) is 3.15. The molecule has 2 aliphatic heterocycles. The number of carbonyl (C=O) groups is 1. The molecule has 0 radical (unpaired) electrons. The van der Waals surface area contributed by atoms with E-state index in [1.54, 1.807) is 18.2 Å². The van der Waals surface area contributed by atoms with E-state index in [0.717, 1.165) is 41.2 Å². The molecular weight excluding hydrogens is 384 g/mol. The van der Waals surface area contributed by atoms with Gasteiger partial charge in [-0.1, -0.05) is 5.92 Å². The van der Waals surface area contributed by atoms with Gasteiger partial charge in [-0.25, -0.2) is 4.79 Å². The number of fused-ring (bicyclic) bond motifs is 4. The van der Waals surface area contributed by atoms with Crippen molar-refractivity contribution in [3.63, 3.8) is 0 Å². The Hall–Kier alpha value is -2.78. The Morgan fingerprint density at radius 3 is 2.90 bits per heavy atom. The number of rotatable bonds is 1. The highest BCUT2D eigenvalue weighted by molar-refractivity contribution is 8.00. The number of hydrogen-bond donors (Lipinski definition) is 2. The molecule has 0 aromatic heterocycles. The fourth-order valence-corrected chi connectivity index (χ4v) is 4.82. The van der Waals surface area contributed by atoms with Crippen LogP contribution in [0.15, 0.2) is 41.3 Å². The minimum Gasteiger partial charge on any atom is -0.492 e. The first-order valence-corrected chi connectivity index (χ1v) is 10.8. The average Bonchev–Trinajstić information content (AvgIpc) is 2.75. The molecule has 0 bridgehead atoms. The van der Waals surface area contributed by atoms with Crippen molar-refractivity contribution in [2.75, 3.05) is 22.8 Å². The van der Waals surface area contributed by atoms with Crippen molar-refractivity contribution in [1.82, 2.24) is 0 Å². The smallest absolute Gasteiger partial charge is 0.335 e. The van der Waals surface area contributed by atoms with Crippen LogP contribution in [0.1, 0.15) is 48.0 Å². The van der Waals surface area contributed by atoms with Gasteiger partial charge in [0.2, 0.25) is 0 Å². The van der Waals surface area contributed by atoms with Crippen LogP contribution in [0.5, 0.6) is 5.75 Å². The Morgan fingerprint density at radius 1 is 1.21 bits per heavy atom. The van der Waals surface area contributed by atoms with Crippen molar-refractivity contribution in [3.8, 4) is 18.1 Å². The number of carboxylic acid groups (broad SMARTS) is 1. The van der Waals surface area contributed by atoms with Crippen molar-refractivity contribution in [1.29, 1.82) is 0 Å². The molecule has 0 aliphatic carbocycles. The highest BCUT2D eigenvalue weighted by atomic mass is 32.2. The molecule has 29 heavy (non-hydrogen) atoms. The van der Waals surface area contributed by atoms with Gasteiger partial charge in [0.15, 0.2) is 0 Å². The fourth-order valence-electron chi connectivity index (χ4n) is 4.03.